The number of hydrogen-bond acceptors (Lipinski definition) is 11. The van der Waals surface area contributed by atoms with Crippen LogP contribution in [0.1, 0.15) is 75.6 Å². The zero-order valence-corrected chi connectivity index (χ0v) is 38.7. The first kappa shape index (κ1) is 47.6. The van der Waals surface area contributed by atoms with E-state index in [1.165, 1.54) is 6.20 Å². The van der Waals surface area contributed by atoms with Crippen LogP contribution in [0, 0.1) is 6.92 Å². The van der Waals surface area contributed by atoms with Crippen molar-refractivity contribution in [2.45, 2.75) is 108 Å². The lowest BCUT2D eigenvalue weighted by Crippen LogP contribution is -2.64. The highest BCUT2D eigenvalue weighted by Crippen LogP contribution is 2.47. The molecule has 1 aliphatic rings. The molecule has 0 amide bonds. The Kier molecular flexibility index (Phi) is 15.3. The van der Waals surface area contributed by atoms with Gasteiger partial charge in [0.25, 0.3) is 5.56 Å². The highest BCUT2D eigenvalue weighted by atomic mass is 28.4. The van der Waals surface area contributed by atoms with Gasteiger partial charge in [-0.1, -0.05) is 126 Å². The number of aryl methyl sites for hydroxylation is 1. The molecule has 2 heterocycles. The number of rotatable bonds is 19. The summed E-state index contributed by atoms with van der Waals surface area (Å²) < 4.78 is 46.4. The predicted molar refractivity (Wildman–Crippen MR) is 242 cm³/mol. The lowest BCUT2D eigenvalue weighted by atomic mass is 9.79. The third-order valence-corrected chi connectivity index (χ3v) is 18.3. The molecule has 14 heteroatoms. The number of ether oxygens (including phenoxy) is 6. The maximum atomic E-state index is 14.3. The number of aromatic nitrogens is 2. The molecule has 338 valence electrons. The largest absolute Gasteiger partial charge is 0.497 e. The Morgan fingerprint density at radius 2 is 1.24 bits per heavy atom. The van der Waals surface area contributed by atoms with Crippen LogP contribution in [0.5, 0.6) is 11.5 Å². The van der Waals surface area contributed by atoms with Gasteiger partial charge < -0.3 is 43.1 Å². The molecule has 0 bridgehead atoms. The molecule has 1 aliphatic heterocycles. The standard InChI is InChI=1S/C49H62N2O11Si/c1-33(2)63(34(3)4,35(5)6)60-31-48(30-59-49(38-18-14-11-15-19-38,39-20-24-41(56-8)25-21-39)40-22-26-42(57-9)27-23-40)46(54)61-45(53)44(62-48)50-28-36(7)43(52)51(47(50)55)32-58-29-37-16-12-10-13-17-37/h10-28,33-35,44-46,53-54H,29-32H2,1-9H3/t44-,45?,46?,48+/m1/s1. The van der Waals surface area contributed by atoms with E-state index < -0.39 is 49.6 Å². The van der Waals surface area contributed by atoms with E-state index in [1.807, 2.05) is 109 Å². The van der Waals surface area contributed by atoms with Crippen LogP contribution in [-0.2, 0) is 42.3 Å². The van der Waals surface area contributed by atoms with Gasteiger partial charge in [0.15, 0.2) is 26.4 Å². The fourth-order valence-corrected chi connectivity index (χ4v) is 14.6. The van der Waals surface area contributed by atoms with E-state index in [0.29, 0.717) is 11.5 Å². The van der Waals surface area contributed by atoms with Gasteiger partial charge in [-0.3, -0.25) is 9.36 Å². The molecular weight excluding hydrogens is 821 g/mol. The summed E-state index contributed by atoms with van der Waals surface area (Å²) in [6.45, 7) is 13.6. The molecule has 1 saturated heterocycles. The lowest BCUT2D eigenvalue weighted by Gasteiger charge is -2.50. The van der Waals surface area contributed by atoms with Crippen molar-refractivity contribution in [2.24, 2.45) is 0 Å². The van der Waals surface area contributed by atoms with Gasteiger partial charge in [0.2, 0.25) is 6.29 Å². The van der Waals surface area contributed by atoms with Gasteiger partial charge in [-0.25, -0.2) is 9.36 Å². The molecule has 1 aromatic heterocycles. The van der Waals surface area contributed by atoms with Crippen molar-refractivity contribution in [3.63, 3.8) is 0 Å². The number of methoxy groups -OCH3 is 2. The fourth-order valence-electron chi connectivity index (χ4n) is 9.06. The average Bonchev–Trinajstić information content (AvgIpc) is 3.28. The van der Waals surface area contributed by atoms with Gasteiger partial charge >= 0.3 is 5.69 Å². The van der Waals surface area contributed by atoms with Crippen molar-refractivity contribution >= 4 is 8.32 Å². The molecule has 0 aliphatic carbocycles. The van der Waals surface area contributed by atoms with Crippen molar-refractivity contribution in [3.8, 4) is 11.5 Å². The van der Waals surface area contributed by atoms with Crippen LogP contribution in [0.25, 0.3) is 0 Å². The first-order valence-electron chi connectivity index (χ1n) is 21.4. The maximum absolute atomic E-state index is 14.3. The number of aliphatic hydroxyl groups excluding tert-OH is 2. The Hall–Kier alpha value is -4.90. The second kappa shape index (κ2) is 20.3. The van der Waals surface area contributed by atoms with E-state index in [-0.39, 0.29) is 48.7 Å². The van der Waals surface area contributed by atoms with Crippen LogP contribution in [0.2, 0.25) is 16.6 Å². The summed E-state index contributed by atoms with van der Waals surface area (Å²) in [6.07, 6.45) is -3.93. The Morgan fingerprint density at radius 1 is 0.730 bits per heavy atom. The highest BCUT2D eigenvalue weighted by molar-refractivity contribution is 6.77. The Balaban J connectivity index is 1.51. The Labute approximate surface area is 370 Å². The summed E-state index contributed by atoms with van der Waals surface area (Å²) in [6, 6.07) is 34.1. The van der Waals surface area contributed by atoms with Crippen molar-refractivity contribution in [1.82, 2.24) is 9.13 Å². The summed E-state index contributed by atoms with van der Waals surface area (Å²) in [5.41, 5.74) is -0.942. The van der Waals surface area contributed by atoms with Gasteiger partial charge in [-0.05, 0) is 70.1 Å². The molecule has 4 aromatic carbocycles. The van der Waals surface area contributed by atoms with Gasteiger partial charge in [0.05, 0.1) is 34.0 Å². The van der Waals surface area contributed by atoms with Crippen LogP contribution in [0.15, 0.2) is 125 Å². The second-order valence-electron chi connectivity index (χ2n) is 17.0. The fraction of sp³-hybridized carbons (Fsp3) is 0.429. The minimum Gasteiger partial charge on any atom is -0.497 e. The predicted octanol–water partition coefficient (Wildman–Crippen LogP) is 7.63. The zero-order valence-electron chi connectivity index (χ0n) is 37.7. The second-order valence-corrected chi connectivity index (χ2v) is 22.5. The Morgan fingerprint density at radius 3 is 1.75 bits per heavy atom. The van der Waals surface area contributed by atoms with E-state index in [1.54, 1.807) is 21.1 Å². The molecule has 4 atom stereocenters. The minimum absolute atomic E-state index is 0.144. The lowest BCUT2D eigenvalue weighted by molar-refractivity contribution is -0.399. The molecule has 63 heavy (non-hydrogen) atoms. The van der Waals surface area contributed by atoms with Gasteiger partial charge in [0, 0.05) is 11.8 Å². The summed E-state index contributed by atoms with van der Waals surface area (Å²) in [5, 5.41) is 23.8. The highest BCUT2D eigenvalue weighted by Gasteiger charge is 2.56. The van der Waals surface area contributed by atoms with Crippen LogP contribution in [0.3, 0.4) is 0 Å². The van der Waals surface area contributed by atoms with E-state index in [2.05, 4.69) is 41.5 Å². The summed E-state index contributed by atoms with van der Waals surface area (Å²) in [4.78, 5) is 27.8. The van der Waals surface area contributed by atoms with Gasteiger partial charge in [-0.15, -0.1) is 0 Å². The average molecular weight is 883 g/mol. The molecule has 0 radical (unpaired) electrons. The van der Waals surface area contributed by atoms with Gasteiger partial charge in [0.1, 0.15) is 23.8 Å². The maximum Gasteiger partial charge on any atom is 0.335 e. The van der Waals surface area contributed by atoms with E-state index in [0.717, 1.165) is 31.4 Å². The molecule has 6 rings (SSSR count). The van der Waals surface area contributed by atoms with Crippen molar-refractivity contribution in [3.05, 3.63) is 164 Å². The zero-order chi connectivity index (χ0) is 45.5. The molecule has 2 N–H and O–H groups in total. The smallest absolute Gasteiger partial charge is 0.335 e. The van der Waals surface area contributed by atoms with E-state index in [4.69, 9.17) is 32.8 Å². The third-order valence-electron chi connectivity index (χ3n) is 12.3. The summed E-state index contributed by atoms with van der Waals surface area (Å²) >= 11 is 0. The number of hydrogen-bond donors (Lipinski definition) is 2. The normalized spacial score (nSPS) is 19.5. The molecule has 1 fully saturated rings. The van der Waals surface area contributed by atoms with Crippen molar-refractivity contribution < 1.29 is 43.1 Å². The van der Waals surface area contributed by atoms with E-state index in [9.17, 15) is 19.8 Å². The topological polar surface area (TPSA) is 149 Å². The number of benzene rings is 4. The number of nitrogens with zero attached hydrogens (tertiary/aromatic N) is 2. The molecule has 0 spiro atoms. The van der Waals surface area contributed by atoms with Crippen LogP contribution >= 0.6 is 0 Å². The van der Waals surface area contributed by atoms with E-state index >= 15 is 0 Å². The quantitative estimate of drug-likeness (QED) is 0.0623. The SMILES string of the molecule is COc1ccc(C(OC[C@@]2(CO[Si](C(C)C)(C(C)C)C(C)C)O[C@@H](n3cc(C)c(=O)n(COCc4ccccc4)c3=O)C(O)OC2O)(c2ccccc2)c2ccc(OC)cc2)cc1. The monoisotopic (exact) mass is 882 g/mol. The van der Waals surface area contributed by atoms with Crippen molar-refractivity contribution in [1.29, 1.82) is 0 Å². The Bertz CT molecular complexity index is 2280. The van der Waals surface area contributed by atoms with Crippen LogP contribution in [-0.4, -0.2) is 73.3 Å². The molecule has 2 unspecified atom stereocenters. The first-order chi connectivity index (χ1) is 30.1. The minimum atomic E-state index is -2.70. The van der Waals surface area contributed by atoms with Crippen molar-refractivity contribution in [2.75, 3.05) is 27.4 Å². The van der Waals surface area contributed by atoms with Crippen LogP contribution in [0.4, 0.5) is 0 Å². The summed E-state index contributed by atoms with van der Waals surface area (Å²) in [5.74, 6) is 1.28. The van der Waals surface area contributed by atoms with Gasteiger partial charge in [-0.2, -0.15) is 0 Å². The first-order valence-corrected chi connectivity index (χ1v) is 23.5. The third kappa shape index (κ3) is 9.64. The molecule has 13 nitrogen and oxygen atoms in total. The number of aliphatic hydroxyl groups is 2. The van der Waals surface area contributed by atoms with Crippen LogP contribution < -0.4 is 20.7 Å². The molecule has 5 aromatic rings. The molecule has 0 saturated carbocycles. The summed E-state index contributed by atoms with van der Waals surface area (Å²) in [7, 11) is 0.500. The molecular formula is C49H62N2O11Si.